The largest absolute Gasteiger partial charge is 0.465 e. The number of esters is 1. The maximum Gasteiger partial charge on any atom is 0.337 e. The monoisotopic (exact) mass is 452 g/mol. The van der Waals surface area contributed by atoms with Gasteiger partial charge in [-0.05, 0) is 46.3 Å². The zero-order valence-electron chi connectivity index (χ0n) is 15.6. The third-order valence-corrected chi connectivity index (χ3v) is 6.01. The van der Waals surface area contributed by atoms with Gasteiger partial charge < -0.3 is 19.0 Å². The van der Waals surface area contributed by atoms with E-state index in [1.54, 1.807) is 17.0 Å². The molecule has 3 heterocycles. The van der Waals surface area contributed by atoms with Gasteiger partial charge in [0.1, 0.15) is 5.58 Å². The van der Waals surface area contributed by atoms with Gasteiger partial charge in [0.05, 0.1) is 17.1 Å². The molecule has 2 aromatic carbocycles. The number of furan rings is 1. The number of hydrogen-bond acceptors (Lipinski definition) is 4. The molecule has 5 rings (SSSR count). The van der Waals surface area contributed by atoms with Crippen LogP contribution in [0.3, 0.4) is 0 Å². The lowest BCUT2D eigenvalue weighted by atomic mass is 10.0. The number of aromatic amines is 1. The van der Waals surface area contributed by atoms with Gasteiger partial charge in [-0.25, -0.2) is 4.79 Å². The van der Waals surface area contributed by atoms with Gasteiger partial charge in [0.15, 0.2) is 5.76 Å². The summed E-state index contributed by atoms with van der Waals surface area (Å²) in [6.07, 6.45) is 0.716. The van der Waals surface area contributed by atoms with Crippen LogP contribution in [0.25, 0.3) is 21.9 Å². The molecule has 0 atom stereocenters. The van der Waals surface area contributed by atoms with Gasteiger partial charge in [0.2, 0.25) is 0 Å². The molecule has 1 aliphatic heterocycles. The van der Waals surface area contributed by atoms with Gasteiger partial charge >= 0.3 is 5.97 Å². The molecule has 0 radical (unpaired) electrons. The number of benzene rings is 2. The maximum absolute atomic E-state index is 13.1. The Kier molecular flexibility index (Phi) is 4.20. The fourth-order valence-corrected chi connectivity index (χ4v) is 4.38. The molecule has 2 aromatic heterocycles. The molecule has 1 amide bonds. The average Bonchev–Trinajstić information content (AvgIpc) is 3.34. The zero-order valence-corrected chi connectivity index (χ0v) is 17.2. The van der Waals surface area contributed by atoms with Crippen LogP contribution in [0.1, 0.15) is 32.2 Å². The summed E-state index contributed by atoms with van der Waals surface area (Å²) in [7, 11) is 1.37. The Morgan fingerprint density at radius 2 is 2.07 bits per heavy atom. The zero-order chi connectivity index (χ0) is 20.1. The van der Waals surface area contributed by atoms with Crippen molar-refractivity contribution < 1.29 is 18.7 Å². The van der Waals surface area contributed by atoms with Gasteiger partial charge in [0, 0.05) is 47.1 Å². The van der Waals surface area contributed by atoms with E-state index < -0.39 is 0 Å². The second kappa shape index (κ2) is 6.77. The molecule has 7 heteroatoms. The third kappa shape index (κ3) is 2.93. The molecular weight excluding hydrogens is 436 g/mol. The molecule has 0 bridgehead atoms. The number of halogens is 1. The van der Waals surface area contributed by atoms with E-state index in [1.807, 2.05) is 30.3 Å². The minimum atomic E-state index is -0.376. The van der Waals surface area contributed by atoms with Crippen LogP contribution in [-0.2, 0) is 17.7 Å². The van der Waals surface area contributed by atoms with Crippen LogP contribution in [0.2, 0.25) is 0 Å². The van der Waals surface area contributed by atoms with Crippen molar-refractivity contribution in [1.82, 2.24) is 9.88 Å². The highest BCUT2D eigenvalue weighted by Crippen LogP contribution is 2.31. The summed E-state index contributed by atoms with van der Waals surface area (Å²) >= 11 is 3.46. The highest BCUT2D eigenvalue weighted by molar-refractivity contribution is 9.10. The van der Waals surface area contributed by atoms with Crippen LogP contribution >= 0.6 is 15.9 Å². The third-order valence-electron chi connectivity index (χ3n) is 5.39. The smallest absolute Gasteiger partial charge is 0.337 e. The summed E-state index contributed by atoms with van der Waals surface area (Å²) in [4.78, 5) is 30.2. The Morgan fingerprint density at radius 3 is 2.86 bits per heavy atom. The van der Waals surface area contributed by atoms with Crippen LogP contribution in [0.5, 0.6) is 0 Å². The van der Waals surface area contributed by atoms with Crippen molar-refractivity contribution >= 4 is 49.7 Å². The van der Waals surface area contributed by atoms with Gasteiger partial charge in [-0.3, -0.25) is 4.79 Å². The second-order valence-corrected chi connectivity index (χ2v) is 7.93. The molecule has 0 unspecified atom stereocenters. The Labute approximate surface area is 174 Å². The van der Waals surface area contributed by atoms with Crippen molar-refractivity contribution in [3.8, 4) is 0 Å². The number of nitrogens with zero attached hydrogens (tertiary/aromatic N) is 1. The Morgan fingerprint density at radius 1 is 1.21 bits per heavy atom. The quantitative estimate of drug-likeness (QED) is 0.448. The van der Waals surface area contributed by atoms with E-state index in [-0.39, 0.29) is 11.9 Å². The number of aromatic nitrogens is 1. The lowest BCUT2D eigenvalue weighted by Gasteiger charge is -2.26. The van der Waals surface area contributed by atoms with Crippen molar-refractivity contribution in [2.45, 2.75) is 13.0 Å². The van der Waals surface area contributed by atoms with E-state index in [0.717, 1.165) is 32.0 Å². The van der Waals surface area contributed by atoms with Crippen molar-refractivity contribution in [1.29, 1.82) is 0 Å². The second-order valence-electron chi connectivity index (χ2n) is 7.08. The molecule has 146 valence electrons. The number of H-pyrrole nitrogens is 1. The van der Waals surface area contributed by atoms with Crippen LogP contribution in [0.15, 0.2) is 51.4 Å². The lowest BCUT2D eigenvalue weighted by molar-refractivity contribution is 0.0600. The Hall–Kier alpha value is -3.06. The molecule has 0 saturated carbocycles. The molecule has 0 aliphatic carbocycles. The Balaban J connectivity index is 1.49. The first kappa shape index (κ1) is 18.0. The summed E-state index contributed by atoms with van der Waals surface area (Å²) in [5.41, 5.74) is 4.24. The number of amides is 1. The first-order valence-corrected chi connectivity index (χ1v) is 10.0. The number of methoxy groups -OCH3 is 1. The summed E-state index contributed by atoms with van der Waals surface area (Å²) < 4.78 is 11.5. The summed E-state index contributed by atoms with van der Waals surface area (Å²) in [6, 6.07) is 12.9. The van der Waals surface area contributed by atoms with E-state index in [2.05, 4.69) is 20.9 Å². The molecule has 0 fully saturated rings. The molecule has 0 saturated heterocycles. The minimum Gasteiger partial charge on any atom is -0.465 e. The van der Waals surface area contributed by atoms with E-state index in [1.165, 1.54) is 7.11 Å². The van der Waals surface area contributed by atoms with Gasteiger partial charge in [-0.15, -0.1) is 0 Å². The van der Waals surface area contributed by atoms with Gasteiger partial charge in [-0.2, -0.15) is 0 Å². The van der Waals surface area contributed by atoms with Crippen molar-refractivity contribution in [2.75, 3.05) is 13.7 Å². The Bertz CT molecular complexity index is 1290. The lowest BCUT2D eigenvalue weighted by Crippen LogP contribution is -2.35. The molecule has 6 nitrogen and oxygen atoms in total. The summed E-state index contributed by atoms with van der Waals surface area (Å²) in [5, 5.41) is 1.82. The highest BCUT2D eigenvalue weighted by Gasteiger charge is 2.27. The summed E-state index contributed by atoms with van der Waals surface area (Å²) in [5.74, 6) is -0.193. The number of nitrogens with one attached hydrogen (secondary N) is 1. The minimum absolute atomic E-state index is 0.141. The van der Waals surface area contributed by atoms with E-state index in [0.29, 0.717) is 36.4 Å². The molecule has 4 aromatic rings. The summed E-state index contributed by atoms with van der Waals surface area (Å²) in [6.45, 7) is 1.05. The first-order valence-electron chi connectivity index (χ1n) is 9.24. The van der Waals surface area contributed by atoms with Crippen LogP contribution in [-0.4, -0.2) is 35.4 Å². The number of hydrogen-bond donors (Lipinski definition) is 1. The first-order chi connectivity index (χ1) is 14.0. The standard InChI is InChI=1S/C22H17BrN2O4/c1-28-22(27)13-5-6-17-14(9-13)15-11-25(8-7-18(15)24-17)21(26)19-10-12-3-2-4-16(23)20(12)29-19/h2-6,9-10,24H,7-8,11H2,1H3. The number of carbonyl (C=O) groups is 2. The molecule has 29 heavy (non-hydrogen) atoms. The molecular formula is C22H17BrN2O4. The number of ether oxygens (including phenoxy) is 1. The van der Waals surface area contributed by atoms with Crippen LogP contribution < -0.4 is 0 Å². The number of rotatable bonds is 2. The number of fused-ring (bicyclic) bond motifs is 4. The van der Waals surface area contributed by atoms with Gasteiger partial charge in [-0.1, -0.05) is 12.1 Å². The molecule has 1 N–H and O–H groups in total. The normalized spacial score (nSPS) is 13.7. The van der Waals surface area contributed by atoms with Crippen molar-refractivity contribution in [3.63, 3.8) is 0 Å². The predicted octanol–water partition coefficient (Wildman–Crippen LogP) is 4.66. The van der Waals surface area contributed by atoms with Gasteiger partial charge in [0.25, 0.3) is 5.91 Å². The van der Waals surface area contributed by atoms with Crippen molar-refractivity contribution in [2.24, 2.45) is 0 Å². The molecule has 1 aliphatic rings. The molecule has 0 spiro atoms. The average molecular weight is 453 g/mol. The van der Waals surface area contributed by atoms with E-state index in [4.69, 9.17) is 9.15 Å². The predicted molar refractivity (Wildman–Crippen MR) is 112 cm³/mol. The highest BCUT2D eigenvalue weighted by atomic mass is 79.9. The topological polar surface area (TPSA) is 75.5 Å². The maximum atomic E-state index is 13.1. The van der Waals surface area contributed by atoms with E-state index >= 15 is 0 Å². The number of carbonyl (C=O) groups excluding carboxylic acids is 2. The van der Waals surface area contributed by atoms with Crippen LogP contribution in [0, 0.1) is 0 Å². The van der Waals surface area contributed by atoms with Crippen LogP contribution in [0.4, 0.5) is 0 Å². The fraction of sp³-hybridized carbons (Fsp3) is 0.182. The van der Waals surface area contributed by atoms with E-state index in [9.17, 15) is 9.59 Å². The fourth-order valence-electron chi connectivity index (χ4n) is 3.92. The van der Waals surface area contributed by atoms with Crippen molar-refractivity contribution in [3.05, 3.63) is 69.5 Å². The SMILES string of the molecule is COC(=O)c1ccc2[nH]c3c(c2c1)CN(C(=O)c1cc2cccc(Br)c2o1)CC3. The number of para-hydroxylation sites is 1.